The molecule has 0 N–H and O–H groups in total. The monoisotopic (exact) mass is 428 g/mol. The van der Waals surface area contributed by atoms with E-state index in [1.54, 1.807) is 18.4 Å². The first-order valence-electron chi connectivity index (χ1n) is 10.9. The van der Waals surface area contributed by atoms with Crippen LogP contribution in [0.4, 0.5) is 0 Å². The maximum absolute atomic E-state index is 13.7. The largest absolute Gasteiger partial charge is 0.459 e. The van der Waals surface area contributed by atoms with Crippen molar-refractivity contribution in [2.45, 2.75) is 45.2 Å². The molecular weight excluding hydrogens is 404 g/mol. The lowest BCUT2D eigenvalue weighted by Crippen LogP contribution is -2.34. The quantitative estimate of drug-likeness (QED) is 0.389. The molecule has 2 aliphatic rings. The summed E-state index contributed by atoms with van der Waals surface area (Å²) in [6.45, 7) is 2.70. The Kier molecular flexibility index (Phi) is 4.39. The van der Waals surface area contributed by atoms with E-state index in [9.17, 15) is 4.79 Å². The molecule has 31 heavy (non-hydrogen) atoms. The fourth-order valence-electron chi connectivity index (χ4n) is 5.12. The van der Waals surface area contributed by atoms with Gasteiger partial charge >= 0.3 is 0 Å². The van der Waals surface area contributed by atoms with Crippen LogP contribution in [0.1, 0.15) is 62.3 Å². The Bertz CT molecular complexity index is 1260. The molecule has 1 atom stereocenters. The SMILES string of the molecule is Cc1cccc(C2c3cccn3-c3sc4c(c3CN2C(=O)c2ccco2)CCCC4)c1. The summed E-state index contributed by atoms with van der Waals surface area (Å²) in [5, 5.41) is 1.28. The number of furan rings is 1. The summed E-state index contributed by atoms with van der Waals surface area (Å²) < 4.78 is 7.87. The van der Waals surface area contributed by atoms with Crippen LogP contribution in [0.2, 0.25) is 0 Å². The second kappa shape index (κ2) is 7.27. The standard InChI is InChI=1S/C26H24N2O2S/c1-17-7-4-8-18(15-17)24-21-10-5-13-27(21)26-20(19-9-2-3-12-23(19)31-26)16-28(24)25(29)22-11-6-14-30-22/h4-8,10-11,13-15,24H,2-3,9,12,16H2,1H3. The van der Waals surface area contributed by atoms with Crippen LogP contribution in [0.5, 0.6) is 0 Å². The number of benzene rings is 1. The Balaban J connectivity index is 1.59. The van der Waals surface area contributed by atoms with E-state index in [1.807, 2.05) is 16.2 Å². The van der Waals surface area contributed by atoms with Crippen LogP contribution >= 0.6 is 11.3 Å². The molecule has 1 aliphatic heterocycles. The molecule has 6 rings (SSSR count). The van der Waals surface area contributed by atoms with Crippen LogP contribution < -0.4 is 0 Å². The molecule has 0 bridgehead atoms. The Morgan fingerprint density at radius 2 is 1.97 bits per heavy atom. The predicted octanol–water partition coefficient (Wildman–Crippen LogP) is 6.06. The molecule has 1 aliphatic carbocycles. The van der Waals surface area contributed by atoms with Crippen molar-refractivity contribution >= 4 is 17.2 Å². The highest BCUT2D eigenvalue weighted by molar-refractivity contribution is 7.15. The van der Waals surface area contributed by atoms with Crippen molar-refractivity contribution in [3.8, 4) is 5.00 Å². The normalized spacial score (nSPS) is 17.6. The van der Waals surface area contributed by atoms with Crippen molar-refractivity contribution in [3.63, 3.8) is 0 Å². The average Bonchev–Trinajstić information content (AvgIpc) is 3.52. The second-order valence-electron chi connectivity index (χ2n) is 8.52. The van der Waals surface area contributed by atoms with Crippen LogP contribution in [0.15, 0.2) is 65.4 Å². The molecule has 1 amide bonds. The van der Waals surface area contributed by atoms with Gasteiger partial charge in [0.15, 0.2) is 5.76 Å². The maximum atomic E-state index is 13.7. The molecule has 0 fully saturated rings. The highest BCUT2D eigenvalue weighted by atomic mass is 32.1. The molecule has 3 aromatic heterocycles. The molecular formula is C26H24N2O2S. The van der Waals surface area contributed by atoms with Crippen LogP contribution in [0, 0.1) is 6.92 Å². The number of fused-ring (bicyclic) bond motifs is 5. The van der Waals surface area contributed by atoms with E-state index in [-0.39, 0.29) is 11.9 Å². The van der Waals surface area contributed by atoms with Gasteiger partial charge in [0.05, 0.1) is 24.5 Å². The molecule has 1 aromatic carbocycles. The zero-order valence-corrected chi connectivity index (χ0v) is 18.3. The molecule has 0 saturated carbocycles. The van der Waals surface area contributed by atoms with Crippen LogP contribution in [-0.2, 0) is 19.4 Å². The fraction of sp³-hybridized carbons (Fsp3) is 0.269. The molecule has 4 heterocycles. The minimum Gasteiger partial charge on any atom is -0.459 e. The van der Waals surface area contributed by atoms with Crippen molar-refractivity contribution in [2.24, 2.45) is 0 Å². The lowest BCUT2D eigenvalue weighted by molar-refractivity contribution is 0.0657. The number of carbonyl (C=O) groups excluding carboxylic acids is 1. The highest BCUT2D eigenvalue weighted by Crippen LogP contribution is 2.44. The Labute approximate surface area is 185 Å². The van der Waals surface area contributed by atoms with Gasteiger partial charge in [0.2, 0.25) is 0 Å². The summed E-state index contributed by atoms with van der Waals surface area (Å²) >= 11 is 1.91. The number of hydrogen-bond acceptors (Lipinski definition) is 3. The van der Waals surface area contributed by atoms with Crippen LogP contribution in [0.3, 0.4) is 0 Å². The van der Waals surface area contributed by atoms with Crippen molar-refractivity contribution in [1.82, 2.24) is 9.47 Å². The zero-order chi connectivity index (χ0) is 20.9. The van der Waals surface area contributed by atoms with Gasteiger partial charge in [0.1, 0.15) is 5.00 Å². The fourth-order valence-corrected chi connectivity index (χ4v) is 6.52. The number of aryl methyl sites for hydroxylation is 2. The van der Waals surface area contributed by atoms with E-state index < -0.39 is 0 Å². The third kappa shape index (κ3) is 2.99. The molecule has 0 saturated heterocycles. The van der Waals surface area contributed by atoms with Gasteiger partial charge in [-0.1, -0.05) is 29.8 Å². The first-order chi connectivity index (χ1) is 15.2. The van der Waals surface area contributed by atoms with Crippen LogP contribution in [-0.4, -0.2) is 15.4 Å². The first-order valence-corrected chi connectivity index (χ1v) is 11.7. The molecule has 0 spiro atoms. The summed E-state index contributed by atoms with van der Waals surface area (Å²) in [5.74, 6) is 0.330. The van der Waals surface area contributed by atoms with Gasteiger partial charge in [0, 0.05) is 16.6 Å². The second-order valence-corrected chi connectivity index (χ2v) is 9.61. The number of rotatable bonds is 2. The van der Waals surface area contributed by atoms with E-state index in [0.717, 1.165) is 24.1 Å². The average molecular weight is 429 g/mol. The molecule has 1 unspecified atom stereocenters. The molecule has 4 nitrogen and oxygen atoms in total. The van der Waals surface area contributed by atoms with Gasteiger partial charge in [-0.25, -0.2) is 0 Å². The Morgan fingerprint density at radius 3 is 2.81 bits per heavy atom. The summed E-state index contributed by atoms with van der Waals surface area (Å²) in [7, 11) is 0. The van der Waals surface area contributed by atoms with Crippen LogP contribution in [0.25, 0.3) is 5.00 Å². The van der Waals surface area contributed by atoms with Gasteiger partial charge in [-0.2, -0.15) is 0 Å². The zero-order valence-electron chi connectivity index (χ0n) is 17.5. The van der Waals surface area contributed by atoms with E-state index in [4.69, 9.17) is 4.42 Å². The molecule has 5 heteroatoms. The summed E-state index contributed by atoms with van der Waals surface area (Å²) in [5.41, 5.74) is 6.23. The van der Waals surface area contributed by atoms with E-state index >= 15 is 0 Å². The van der Waals surface area contributed by atoms with Crippen molar-refractivity contribution in [3.05, 3.63) is 99.6 Å². The van der Waals surface area contributed by atoms with E-state index in [0.29, 0.717) is 12.3 Å². The van der Waals surface area contributed by atoms with Gasteiger partial charge in [0.25, 0.3) is 5.91 Å². The summed E-state index contributed by atoms with van der Waals surface area (Å²) in [4.78, 5) is 17.2. The molecule has 4 aromatic rings. The lowest BCUT2D eigenvalue weighted by Gasteiger charge is -2.31. The van der Waals surface area contributed by atoms with E-state index in [2.05, 4.69) is 54.1 Å². The van der Waals surface area contributed by atoms with Gasteiger partial charge < -0.3 is 13.9 Å². The van der Waals surface area contributed by atoms with Crippen molar-refractivity contribution in [1.29, 1.82) is 0 Å². The van der Waals surface area contributed by atoms with Crippen molar-refractivity contribution in [2.75, 3.05) is 0 Å². The van der Waals surface area contributed by atoms with Gasteiger partial charge in [-0.05, 0) is 68.0 Å². The third-order valence-electron chi connectivity index (χ3n) is 6.53. The minimum absolute atomic E-state index is 0.0622. The topological polar surface area (TPSA) is 38.4 Å². The maximum Gasteiger partial charge on any atom is 0.290 e. The molecule has 0 radical (unpaired) electrons. The Hall–Kier alpha value is -3.05. The third-order valence-corrected chi connectivity index (χ3v) is 7.86. The van der Waals surface area contributed by atoms with Gasteiger partial charge in [-0.15, -0.1) is 11.3 Å². The van der Waals surface area contributed by atoms with Crippen molar-refractivity contribution < 1.29 is 9.21 Å². The predicted molar refractivity (Wildman–Crippen MR) is 122 cm³/mol. The summed E-state index contributed by atoms with van der Waals surface area (Å²) in [6.07, 6.45) is 8.47. The Morgan fingerprint density at radius 1 is 1.06 bits per heavy atom. The number of thiophene rings is 1. The van der Waals surface area contributed by atoms with E-state index in [1.165, 1.54) is 39.4 Å². The number of nitrogens with zero attached hydrogens (tertiary/aromatic N) is 2. The summed E-state index contributed by atoms with van der Waals surface area (Å²) in [6, 6.07) is 16.1. The lowest BCUT2D eigenvalue weighted by atomic mass is 9.94. The number of carbonyl (C=O) groups is 1. The molecule has 156 valence electrons. The highest BCUT2D eigenvalue weighted by Gasteiger charge is 2.37. The smallest absolute Gasteiger partial charge is 0.290 e. The van der Waals surface area contributed by atoms with Gasteiger partial charge in [-0.3, -0.25) is 4.79 Å². The first kappa shape index (κ1) is 18.7. The number of amides is 1. The minimum atomic E-state index is -0.175. The number of hydrogen-bond donors (Lipinski definition) is 0. The number of aromatic nitrogens is 1.